The largest absolute Gasteiger partial charge is 0.369 e. The van der Waals surface area contributed by atoms with Gasteiger partial charge in [-0.05, 0) is 22.4 Å². The Bertz CT molecular complexity index is 382. The second kappa shape index (κ2) is 5.45. The zero-order chi connectivity index (χ0) is 11.3. The molecular formula is C9H10BrN3O2. The highest BCUT2D eigenvalue weighted by atomic mass is 79.9. The van der Waals surface area contributed by atoms with Crippen molar-refractivity contribution < 1.29 is 4.92 Å². The van der Waals surface area contributed by atoms with E-state index in [-0.39, 0.29) is 5.69 Å². The van der Waals surface area contributed by atoms with Crippen LogP contribution >= 0.6 is 15.9 Å². The third-order valence-corrected chi connectivity index (χ3v) is 2.28. The summed E-state index contributed by atoms with van der Waals surface area (Å²) in [4.78, 5) is 13.9. The van der Waals surface area contributed by atoms with Crippen LogP contribution in [0.25, 0.3) is 0 Å². The molecule has 0 saturated carbocycles. The van der Waals surface area contributed by atoms with Crippen molar-refractivity contribution in [3.63, 3.8) is 0 Å². The van der Waals surface area contributed by atoms with E-state index in [0.717, 1.165) is 6.42 Å². The van der Waals surface area contributed by atoms with Crippen molar-refractivity contribution in [1.29, 1.82) is 0 Å². The average Bonchev–Trinajstić information content (AvgIpc) is 2.20. The molecule has 0 atom stereocenters. The highest BCUT2D eigenvalue weighted by Gasteiger charge is 2.09. The molecule has 0 fully saturated rings. The molecule has 1 aromatic rings. The average molecular weight is 272 g/mol. The summed E-state index contributed by atoms with van der Waals surface area (Å²) < 4.78 is 0.584. The summed E-state index contributed by atoms with van der Waals surface area (Å²) in [5.41, 5.74) is -0.0313. The fourth-order valence-corrected chi connectivity index (χ4v) is 1.43. The lowest BCUT2D eigenvalue weighted by atomic mass is 10.4. The first-order valence-corrected chi connectivity index (χ1v) is 5.09. The van der Waals surface area contributed by atoms with E-state index in [4.69, 9.17) is 0 Å². The molecule has 0 aliphatic heterocycles. The predicted molar refractivity (Wildman–Crippen MR) is 61.9 cm³/mol. The second-order valence-electron chi connectivity index (χ2n) is 2.79. The topological polar surface area (TPSA) is 68.1 Å². The Morgan fingerprint density at radius 1 is 1.73 bits per heavy atom. The van der Waals surface area contributed by atoms with Gasteiger partial charge in [-0.15, -0.1) is 6.58 Å². The van der Waals surface area contributed by atoms with Crippen LogP contribution in [0.15, 0.2) is 29.4 Å². The molecule has 0 saturated heterocycles. The molecule has 1 heterocycles. The van der Waals surface area contributed by atoms with Crippen LogP contribution in [-0.4, -0.2) is 16.5 Å². The van der Waals surface area contributed by atoms with Crippen molar-refractivity contribution in [2.75, 3.05) is 11.9 Å². The third-order valence-electron chi connectivity index (χ3n) is 1.68. The zero-order valence-corrected chi connectivity index (χ0v) is 9.53. The zero-order valence-electron chi connectivity index (χ0n) is 7.94. The van der Waals surface area contributed by atoms with E-state index in [1.54, 1.807) is 6.08 Å². The van der Waals surface area contributed by atoms with Crippen molar-refractivity contribution in [3.05, 3.63) is 39.5 Å². The van der Waals surface area contributed by atoms with Gasteiger partial charge in [-0.3, -0.25) is 10.1 Å². The number of nitrogens with zero attached hydrogens (tertiary/aromatic N) is 2. The molecule has 1 aromatic heterocycles. The molecular weight excluding hydrogens is 262 g/mol. The van der Waals surface area contributed by atoms with Crippen molar-refractivity contribution in [2.45, 2.75) is 6.42 Å². The second-order valence-corrected chi connectivity index (χ2v) is 3.64. The normalized spacial score (nSPS) is 9.67. The van der Waals surface area contributed by atoms with Gasteiger partial charge >= 0.3 is 0 Å². The standard InChI is InChI=1S/C9H10BrN3O2/c1-2-3-4-11-9-8(10)5-7(6-12-9)13(14)15/h2,5-6H,1,3-4H2,(H,11,12). The first-order chi connectivity index (χ1) is 7.15. The highest BCUT2D eigenvalue weighted by molar-refractivity contribution is 9.10. The number of nitro groups is 1. The summed E-state index contributed by atoms with van der Waals surface area (Å²) in [6, 6.07) is 1.42. The molecule has 0 aliphatic carbocycles. The van der Waals surface area contributed by atoms with Gasteiger partial charge < -0.3 is 5.32 Å². The van der Waals surface area contributed by atoms with Crippen LogP contribution in [0.2, 0.25) is 0 Å². The van der Waals surface area contributed by atoms with Gasteiger partial charge in [-0.2, -0.15) is 0 Å². The molecule has 0 amide bonds. The minimum absolute atomic E-state index is 0.0313. The summed E-state index contributed by atoms with van der Waals surface area (Å²) in [7, 11) is 0. The maximum absolute atomic E-state index is 10.4. The van der Waals surface area contributed by atoms with Crippen LogP contribution in [0.3, 0.4) is 0 Å². The lowest BCUT2D eigenvalue weighted by Gasteiger charge is -2.05. The number of rotatable bonds is 5. The minimum atomic E-state index is -0.481. The third kappa shape index (κ3) is 3.32. The van der Waals surface area contributed by atoms with Gasteiger partial charge in [0.05, 0.1) is 9.40 Å². The van der Waals surface area contributed by atoms with Gasteiger partial charge in [0, 0.05) is 12.6 Å². The van der Waals surface area contributed by atoms with E-state index >= 15 is 0 Å². The van der Waals surface area contributed by atoms with Crippen molar-refractivity contribution in [2.24, 2.45) is 0 Å². The Kier molecular flexibility index (Phi) is 4.23. The quantitative estimate of drug-likeness (QED) is 0.387. The Morgan fingerprint density at radius 2 is 2.47 bits per heavy atom. The Labute approximate surface area is 95.5 Å². The SMILES string of the molecule is C=CCCNc1ncc([N+](=O)[O-])cc1Br. The summed E-state index contributed by atoms with van der Waals surface area (Å²) in [5, 5.41) is 13.5. The van der Waals surface area contributed by atoms with E-state index in [0.29, 0.717) is 16.8 Å². The Hall–Kier alpha value is -1.43. The van der Waals surface area contributed by atoms with Crippen LogP contribution in [0.5, 0.6) is 0 Å². The van der Waals surface area contributed by atoms with E-state index in [2.05, 4.69) is 32.8 Å². The minimum Gasteiger partial charge on any atom is -0.369 e. The van der Waals surface area contributed by atoms with Crippen molar-refractivity contribution in [3.8, 4) is 0 Å². The van der Waals surface area contributed by atoms with E-state index in [9.17, 15) is 10.1 Å². The first-order valence-electron chi connectivity index (χ1n) is 4.30. The number of pyridine rings is 1. The molecule has 80 valence electrons. The number of anilines is 1. The number of halogens is 1. The molecule has 6 heteroatoms. The van der Waals surface area contributed by atoms with Crippen LogP contribution in [0, 0.1) is 10.1 Å². The number of aromatic nitrogens is 1. The lowest BCUT2D eigenvalue weighted by Crippen LogP contribution is -2.03. The van der Waals surface area contributed by atoms with Gasteiger partial charge in [0.25, 0.3) is 5.69 Å². The van der Waals surface area contributed by atoms with Gasteiger partial charge in [-0.1, -0.05) is 6.08 Å². The molecule has 1 N–H and O–H groups in total. The van der Waals surface area contributed by atoms with Crippen LogP contribution in [0.4, 0.5) is 11.5 Å². The Morgan fingerprint density at radius 3 is 3.00 bits per heavy atom. The maximum Gasteiger partial charge on any atom is 0.288 e. The van der Waals surface area contributed by atoms with E-state index in [1.807, 2.05) is 0 Å². The monoisotopic (exact) mass is 271 g/mol. The van der Waals surface area contributed by atoms with Crippen molar-refractivity contribution in [1.82, 2.24) is 4.98 Å². The number of nitrogens with one attached hydrogen (secondary N) is 1. The van der Waals surface area contributed by atoms with Gasteiger partial charge in [0.2, 0.25) is 0 Å². The molecule has 0 aromatic carbocycles. The molecule has 1 rings (SSSR count). The van der Waals surface area contributed by atoms with E-state index < -0.39 is 4.92 Å². The van der Waals surface area contributed by atoms with Gasteiger partial charge in [-0.25, -0.2) is 4.98 Å². The molecule has 15 heavy (non-hydrogen) atoms. The number of hydrogen-bond donors (Lipinski definition) is 1. The molecule has 0 radical (unpaired) electrons. The summed E-state index contributed by atoms with van der Waals surface area (Å²) in [5.74, 6) is 0.599. The number of hydrogen-bond acceptors (Lipinski definition) is 4. The summed E-state index contributed by atoms with van der Waals surface area (Å²) in [6.07, 6.45) is 3.82. The smallest absolute Gasteiger partial charge is 0.288 e. The van der Waals surface area contributed by atoms with Crippen molar-refractivity contribution >= 4 is 27.4 Å². The molecule has 5 nitrogen and oxygen atoms in total. The van der Waals surface area contributed by atoms with Gasteiger partial charge in [0.15, 0.2) is 0 Å². The molecule has 0 bridgehead atoms. The first kappa shape index (κ1) is 11.6. The van der Waals surface area contributed by atoms with Gasteiger partial charge in [0.1, 0.15) is 12.0 Å². The van der Waals surface area contributed by atoms with Crippen LogP contribution in [0.1, 0.15) is 6.42 Å². The predicted octanol–water partition coefficient (Wildman–Crippen LogP) is 2.74. The summed E-state index contributed by atoms with van der Waals surface area (Å²) in [6.45, 7) is 4.29. The van der Waals surface area contributed by atoms with Crippen LogP contribution in [-0.2, 0) is 0 Å². The Balaban J connectivity index is 2.74. The van der Waals surface area contributed by atoms with E-state index in [1.165, 1.54) is 12.3 Å². The fourth-order valence-electron chi connectivity index (χ4n) is 0.950. The fraction of sp³-hybridized carbons (Fsp3) is 0.222. The highest BCUT2D eigenvalue weighted by Crippen LogP contribution is 2.24. The molecule has 0 unspecified atom stereocenters. The summed E-state index contributed by atoms with van der Waals surface area (Å²) >= 11 is 3.21. The molecule has 0 spiro atoms. The lowest BCUT2D eigenvalue weighted by molar-refractivity contribution is -0.385. The van der Waals surface area contributed by atoms with Crippen LogP contribution < -0.4 is 5.32 Å². The maximum atomic E-state index is 10.4. The molecule has 0 aliphatic rings.